The molecule has 0 saturated heterocycles. The highest BCUT2D eigenvalue weighted by Crippen LogP contribution is 2.25. The van der Waals surface area contributed by atoms with Crippen molar-refractivity contribution in [2.45, 2.75) is 12.8 Å². The molecular weight excluding hydrogens is 234 g/mol. The first-order valence-corrected chi connectivity index (χ1v) is 6.53. The van der Waals surface area contributed by atoms with Crippen molar-refractivity contribution in [3.8, 4) is 0 Å². The lowest BCUT2D eigenvalue weighted by molar-refractivity contribution is -0.136. The average Bonchev–Trinajstić information content (AvgIpc) is 2.72. The van der Waals surface area contributed by atoms with Crippen LogP contribution < -0.4 is 5.32 Å². The molecule has 2 N–H and O–H groups in total. The van der Waals surface area contributed by atoms with Crippen molar-refractivity contribution >= 4 is 27.4 Å². The van der Waals surface area contributed by atoms with E-state index in [9.17, 15) is 4.79 Å². The van der Waals surface area contributed by atoms with Gasteiger partial charge < -0.3 is 10.4 Å². The molecule has 2 aromatic rings. The van der Waals surface area contributed by atoms with E-state index in [2.05, 4.69) is 28.9 Å². The fraction of sp³-hybridized carbons (Fsp3) is 0.308. The average molecular weight is 249 g/mol. The van der Waals surface area contributed by atoms with Gasteiger partial charge in [-0.25, -0.2) is 0 Å². The molecule has 2 rings (SSSR count). The maximum Gasteiger partial charge on any atom is 0.304 e. The molecule has 0 aliphatic rings. The fourth-order valence-electron chi connectivity index (χ4n) is 1.77. The van der Waals surface area contributed by atoms with Crippen LogP contribution in [0.5, 0.6) is 0 Å². The van der Waals surface area contributed by atoms with Gasteiger partial charge in [0, 0.05) is 11.2 Å². The molecule has 0 amide bonds. The van der Waals surface area contributed by atoms with Crippen molar-refractivity contribution in [3.05, 3.63) is 35.2 Å². The van der Waals surface area contributed by atoms with Crippen molar-refractivity contribution in [3.63, 3.8) is 0 Å². The summed E-state index contributed by atoms with van der Waals surface area (Å²) in [6, 6.07) is 8.36. The largest absolute Gasteiger partial charge is 0.481 e. The first-order valence-electron chi connectivity index (χ1n) is 5.65. The molecule has 0 bridgehead atoms. The minimum Gasteiger partial charge on any atom is -0.481 e. The van der Waals surface area contributed by atoms with E-state index in [0.717, 1.165) is 13.0 Å². The van der Waals surface area contributed by atoms with Crippen molar-refractivity contribution in [1.29, 1.82) is 0 Å². The van der Waals surface area contributed by atoms with Crippen LogP contribution in [-0.2, 0) is 11.2 Å². The van der Waals surface area contributed by atoms with Crippen molar-refractivity contribution in [2.75, 3.05) is 13.1 Å². The molecule has 1 aromatic carbocycles. The summed E-state index contributed by atoms with van der Waals surface area (Å²) in [6.45, 7) is 1.37. The number of fused-ring (bicyclic) bond motifs is 1. The Morgan fingerprint density at radius 1 is 1.29 bits per heavy atom. The fourth-order valence-corrected chi connectivity index (χ4v) is 2.77. The van der Waals surface area contributed by atoms with E-state index in [-0.39, 0.29) is 6.42 Å². The number of rotatable bonds is 6. The lowest BCUT2D eigenvalue weighted by atomic mass is 10.1. The molecule has 3 nitrogen and oxygen atoms in total. The second-order valence-electron chi connectivity index (χ2n) is 3.90. The molecule has 0 saturated carbocycles. The Bertz CT molecular complexity index is 507. The summed E-state index contributed by atoms with van der Waals surface area (Å²) in [5.41, 5.74) is 1.34. The van der Waals surface area contributed by atoms with Crippen molar-refractivity contribution in [2.24, 2.45) is 0 Å². The van der Waals surface area contributed by atoms with Crippen LogP contribution in [0.2, 0.25) is 0 Å². The normalized spacial score (nSPS) is 10.8. The van der Waals surface area contributed by atoms with Gasteiger partial charge in [0.2, 0.25) is 0 Å². The van der Waals surface area contributed by atoms with Gasteiger partial charge in [-0.3, -0.25) is 4.79 Å². The first kappa shape index (κ1) is 12.1. The van der Waals surface area contributed by atoms with E-state index in [1.807, 2.05) is 6.07 Å². The number of hydrogen-bond acceptors (Lipinski definition) is 3. The van der Waals surface area contributed by atoms with Crippen LogP contribution in [0.25, 0.3) is 10.1 Å². The molecule has 0 radical (unpaired) electrons. The van der Waals surface area contributed by atoms with Crippen LogP contribution >= 0.6 is 11.3 Å². The summed E-state index contributed by atoms with van der Waals surface area (Å²) in [7, 11) is 0. The highest BCUT2D eigenvalue weighted by molar-refractivity contribution is 7.17. The van der Waals surface area contributed by atoms with E-state index in [1.165, 1.54) is 15.6 Å². The second-order valence-corrected chi connectivity index (χ2v) is 4.81. The molecule has 0 aliphatic heterocycles. The van der Waals surface area contributed by atoms with Crippen LogP contribution in [0.1, 0.15) is 12.0 Å². The van der Waals surface area contributed by atoms with E-state index < -0.39 is 5.97 Å². The van der Waals surface area contributed by atoms with Crippen molar-refractivity contribution < 1.29 is 9.90 Å². The first-order chi connectivity index (χ1) is 8.27. The highest BCUT2D eigenvalue weighted by atomic mass is 32.1. The van der Waals surface area contributed by atoms with Gasteiger partial charge in [0.05, 0.1) is 6.42 Å². The quantitative estimate of drug-likeness (QED) is 0.773. The molecule has 1 heterocycles. The van der Waals surface area contributed by atoms with Crippen LogP contribution in [0.15, 0.2) is 29.6 Å². The Balaban J connectivity index is 1.85. The number of nitrogens with one attached hydrogen (secondary N) is 1. The molecule has 4 heteroatoms. The van der Waals surface area contributed by atoms with Gasteiger partial charge in [-0.15, -0.1) is 11.3 Å². The predicted octanol–water partition coefficient (Wildman–Crippen LogP) is 2.51. The Morgan fingerprint density at radius 2 is 2.12 bits per heavy atom. The minimum absolute atomic E-state index is 0.185. The molecule has 0 atom stereocenters. The number of aliphatic carboxylic acids is 1. The topological polar surface area (TPSA) is 49.3 Å². The lowest BCUT2D eigenvalue weighted by Crippen LogP contribution is -2.20. The third-order valence-corrected chi connectivity index (χ3v) is 3.66. The molecule has 0 aliphatic carbocycles. The van der Waals surface area contributed by atoms with Crippen LogP contribution in [-0.4, -0.2) is 24.2 Å². The van der Waals surface area contributed by atoms with Crippen LogP contribution in [0, 0.1) is 0 Å². The summed E-state index contributed by atoms with van der Waals surface area (Å²) < 4.78 is 1.31. The molecular formula is C13H15NO2S. The van der Waals surface area contributed by atoms with Gasteiger partial charge in [-0.1, -0.05) is 18.2 Å². The number of benzene rings is 1. The van der Waals surface area contributed by atoms with Crippen LogP contribution in [0.4, 0.5) is 0 Å². The monoisotopic (exact) mass is 249 g/mol. The zero-order valence-corrected chi connectivity index (χ0v) is 10.3. The van der Waals surface area contributed by atoms with Gasteiger partial charge >= 0.3 is 5.97 Å². The van der Waals surface area contributed by atoms with E-state index in [1.54, 1.807) is 11.3 Å². The molecule has 0 fully saturated rings. The zero-order valence-electron chi connectivity index (χ0n) is 9.48. The van der Waals surface area contributed by atoms with Gasteiger partial charge in [0.25, 0.3) is 0 Å². The SMILES string of the molecule is O=C(O)CCNCCc1csc2ccccc12. The molecule has 1 aromatic heterocycles. The number of carboxylic acid groups (broad SMARTS) is 1. The summed E-state index contributed by atoms with van der Waals surface area (Å²) >= 11 is 1.76. The second kappa shape index (κ2) is 5.80. The maximum atomic E-state index is 10.3. The molecule has 0 unspecified atom stereocenters. The van der Waals surface area contributed by atoms with Gasteiger partial charge in [0.1, 0.15) is 0 Å². The summed E-state index contributed by atoms with van der Waals surface area (Å²) in [6.07, 6.45) is 1.13. The number of carboxylic acids is 1. The number of hydrogen-bond donors (Lipinski definition) is 2. The van der Waals surface area contributed by atoms with E-state index >= 15 is 0 Å². The van der Waals surface area contributed by atoms with Crippen molar-refractivity contribution in [1.82, 2.24) is 5.32 Å². The number of carbonyl (C=O) groups is 1. The lowest BCUT2D eigenvalue weighted by Gasteiger charge is -2.02. The van der Waals surface area contributed by atoms with Gasteiger partial charge in [0.15, 0.2) is 0 Å². The van der Waals surface area contributed by atoms with E-state index in [0.29, 0.717) is 6.54 Å². The Morgan fingerprint density at radius 3 is 2.94 bits per heavy atom. The highest BCUT2D eigenvalue weighted by Gasteiger charge is 2.02. The molecule has 0 spiro atoms. The summed E-state index contributed by atoms with van der Waals surface area (Å²) in [4.78, 5) is 10.3. The van der Waals surface area contributed by atoms with Crippen LogP contribution in [0.3, 0.4) is 0 Å². The Labute approximate surface area is 104 Å². The molecule has 90 valence electrons. The Kier molecular flexibility index (Phi) is 4.12. The standard InChI is InChI=1S/C13H15NO2S/c15-13(16)6-8-14-7-5-10-9-17-12-4-2-1-3-11(10)12/h1-4,9,14H,5-8H2,(H,15,16). The third-order valence-electron chi connectivity index (χ3n) is 2.65. The third kappa shape index (κ3) is 3.28. The smallest absolute Gasteiger partial charge is 0.304 e. The molecule has 17 heavy (non-hydrogen) atoms. The van der Waals surface area contributed by atoms with Gasteiger partial charge in [-0.05, 0) is 35.4 Å². The number of thiophene rings is 1. The van der Waals surface area contributed by atoms with Gasteiger partial charge in [-0.2, -0.15) is 0 Å². The summed E-state index contributed by atoms with van der Waals surface area (Å²) in [5, 5.41) is 15.1. The zero-order chi connectivity index (χ0) is 12.1. The summed E-state index contributed by atoms with van der Waals surface area (Å²) in [5.74, 6) is -0.751. The van der Waals surface area contributed by atoms with E-state index in [4.69, 9.17) is 5.11 Å². The predicted molar refractivity (Wildman–Crippen MR) is 70.7 cm³/mol. The Hall–Kier alpha value is -1.39. The maximum absolute atomic E-state index is 10.3. The minimum atomic E-state index is -0.751.